The molecule has 1 amide bonds. The van der Waals surface area contributed by atoms with Crippen molar-refractivity contribution in [1.29, 1.82) is 0 Å². The lowest BCUT2D eigenvalue weighted by Crippen LogP contribution is -2.49. The summed E-state index contributed by atoms with van der Waals surface area (Å²) in [5.74, 6) is -2.90. The van der Waals surface area contributed by atoms with Crippen LogP contribution in [0.25, 0.3) is 0 Å². The van der Waals surface area contributed by atoms with Crippen LogP contribution in [0.4, 0.5) is 23.2 Å². The first-order valence-corrected chi connectivity index (χ1v) is 5.84. The number of alkyl halides is 3. The van der Waals surface area contributed by atoms with Crippen molar-refractivity contribution >= 4 is 11.6 Å². The lowest BCUT2D eigenvalue weighted by molar-refractivity contribution is -0.213. The number of anilines is 1. The van der Waals surface area contributed by atoms with Gasteiger partial charge in [-0.25, -0.2) is 4.39 Å². The van der Waals surface area contributed by atoms with E-state index in [1.165, 1.54) is 0 Å². The third kappa shape index (κ3) is 2.43. The monoisotopic (exact) mass is 292 g/mol. The lowest BCUT2D eigenvalue weighted by atomic mass is 9.85. The second kappa shape index (κ2) is 4.93. The topological polar surface area (TPSA) is 61.4 Å². The van der Waals surface area contributed by atoms with Crippen LogP contribution in [0.2, 0.25) is 0 Å². The van der Waals surface area contributed by atoms with Crippen molar-refractivity contribution in [1.82, 2.24) is 5.32 Å². The van der Waals surface area contributed by atoms with Gasteiger partial charge in [-0.2, -0.15) is 13.2 Å². The number of phenols is 1. The van der Waals surface area contributed by atoms with E-state index in [0.29, 0.717) is 0 Å². The highest BCUT2D eigenvalue weighted by Crippen LogP contribution is 2.43. The second-order valence-corrected chi connectivity index (χ2v) is 4.63. The molecule has 0 saturated carbocycles. The summed E-state index contributed by atoms with van der Waals surface area (Å²) in [5.41, 5.74) is -2.65. The molecule has 1 unspecified atom stereocenters. The number of phenolic OH excluding ortho intramolecular Hbond substituents is 1. The van der Waals surface area contributed by atoms with Gasteiger partial charge < -0.3 is 15.7 Å². The number of carbonyl (C=O) groups excluding carboxylic acids is 1. The zero-order valence-corrected chi connectivity index (χ0v) is 10.2. The molecule has 1 aromatic carbocycles. The predicted octanol–water partition coefficient (Wildman–Crippen LogP) is 2.01. The molecule has 4 nitrogen and oxygen atoms in total. The third-order valence-corrected chi connectivity index (χ3v) is 3.34. The highest BCUT2D eigenvalue weighted by molar-refractivity contribution is 5.96. The molecule has 1 aliphatic heterocycles. The van der Waals surface area contributed by atoms with Crippen LogP contribution in [-0.2, 0) is 4.79 Å². The summed E-state index contributed by atoms with van der Waals surface area (Å²) in [4.78, 5) is 11.9. The molecule has 1 heterocycles. The van der Waals surface area contributed by atoms with Crippen molar-refractivity contribution in [2.24, 2.45) is 5.41 Å². The first-order valence-electron chi connectivity index (χ1n) is 5.84. The second-order valence-electron chi connectivity index (χ2n) is 4.63. The summed E-state index contributed by atoms with van der Waals surface area (Å²) >= 11 is 0. The number of nitrogens with one attached hydrogen (secondary N) is 2. The predicted molar refractivity (Wildman–Crippen MR) is 62.7 cm³/mol. The SMILES string of the molecule is O=C(Nc1ccc(O)c(F)c1)C1(C(F)(F)F)CCNC1. The molecule has 3 N–H and O–H groups in total. The van der Waals surface area contributed by atoms with E-state index in [0.717, 1.165) is 18.2 Å². The Labute approximate surface area is 111 Å². The number of halogens is 4. The Morgan fingerprint density at radius 3 is 2.60 bits per heavy atom. The summed E-state index contributed by atoms with van der Waals surface area (Å²) in [5, 5.41) is 13.6. The number of hydrogen-bond acceptors (Lipinski definition) is 3. The maximum Gasteiger partial charge on any atom is 0.404 e. The van der Waals surface area contributed by atoms with Gasteiger partial charge in [-0.1, -0.05) is 0 Å². The Bertz CT molecular complexity index is 525. The highest BCUT2D eigenvalue weighted by Gasteiger charge is 2.61. The third-order valence-electron chi connectivity index (χ3n) is 3.34. The molecule has 0 aliphatic carbocycles. The fraction of sp³-hybridized carbons (Fsp3) is 0.417. The largest absolute Gasteiger partial charge is 0.505 e. The molecule has 0 radical (unpaired) electrons. The van der Waals surface area contributed by atoms with E-state index in [9.17, 15) is 22.4 Å². The number of amides is 1. The molecule has 1 atom stereocenters. The zero-order valence-electron chi connectivity index (χ0n) is 10.2. The molecule has 0 spiro atoms. The van der Waals surface area contributed by atoms with E-state index < -0.39 is 35.6 Å². The lowest BCUT2D eigenvalue weighted by Gasteiger charge is -2.29. The Kier molecular flexibility index (Phi) is 3.59. The van der Waals surface area contributed by atoms with Crippen molar-refractivity contribution in [2.45, 2.75) is 12.6 Å². The fourth-order valence-corrected chi connectivity index (χ4v) is 2.09. The molecule has 0 bridgehead atoms. The smallest absolute Gasteiger partial charge is 0.404 e. The van der Waals surface area contributed by atoms with E-state index in [4.69, 9.17) is 5.11 Å². The summed E-state index contributed by atoms with van der Waals surface area (Å²) in [7, 11) is 0. The molecule has 1 saturated heterocycles. The maximum absolute atomic E-state index is 13.1. The van der Waals surface area contributed by atoms with E-state index in [1.807, 2.05) is 5.32 Å². The average molecular weight is 292 g/mol. The van der Waals surface area contributed by atoms with Gasteiger partial charge in [-0.3, -0.25) is 4.79 Å². The van der Waals surface area contributed by atoms with Crippen molar-refractivity contribution in [3.05, 3.63) is 24.0 Å². The number of hydrogen-bond donors (Lipinski definition) is 3. The van der Waals surface area contributed by atoms with Gasteiger partial charge in [0.2, 0.25) is 5.91 Å². The van der Waals surface area contributed by atoms with Crippen LogP contribution < -0.4 is 10.6 Å². The summed E-state index contributed by atoms with van der Waals surface area (Å²) in [6.45, 7) is -0.431. The molecule has 8 heteroatoms. The quantitative estimate of drug-likeness (QED) is 0.577. The van der Waals surface area contributed by atoms with E-state index in [2.05, 4.69) is 5.32 Å². The molecular weight excluding hydrogens is 280 g/mol. The molecular formula is C12H12F4N2O2. The van der Waals surface area contributed by atoms with Crippen LogP contribution in [-0.4, -0.2) is 30.3 Å². The average Bonchev–Trinajstić information content (AvgIpc) is 2.84. The number of carbonyl (C=O) groups is 1. The minimum atomic E-state index is -4.70. The Balaban J connectivity index is 2.23. The Morgan fingerprint density at radius 2 is 2.10 bits per heavy atom. The molecule has 1 fully saturated rings. The van der Waals surface area contributed by atoms with Crippen molar-refractivity contribution < 1.29 is 27.5 Å². The molecule has 20 heavy (non-hydrogen) atoms. The highest BCUT2D eigenvalue weighted by atomic mass is 19.4. The van der Waals surface area contributed by atoms with Gasteiger partial charge in [0.1, 0.15) is 0 Å². The molecule has 110 valence electrons. The van der Waals surface area contributed by atoms with Crippen molar-refractivity contribution in [3.63, 3.8) is 0 Å². The Hall–Kier alpha value is -1.83. The van der Waals surface area contributed by atoms with E-state index in [1.54, 1.807) is 0 Å². The molecule has 2 rings (SSSR count). The normalized spacial score (nSPS) is 22.8. The van der Waals surface area contributed by atoms with Crippen LogP contribution in [0.15, 0.2) is 18.2 Å². The van der Waals surface area contributed by atoms with Gasteiger partial charge >= 0.3 is 6.18 Å². The summed E-state index contributed by atoms with van der Waals surface area (Å²) < 4.78 is 52.4. The van der Waals surface area contributed by atoms with Gasteiger partial charge in [0, 0.05) is 18.3 Å². The van der Waals surface area contributed by atoms with Crippen LogP contribution >= 0.6 is 0 Å². The standard InChI is InChI=1S/C12H12F4N2O2/c13-8-5-7(1-2-9(8)19)18-10(20)11(12(14,15)16)3-4-17-6-11/h1-2,5,17,19H,3-4,6H2,(H,18,20). The maximum atomic E-state index is 13.1. The van der Waals surface area contributed by atoms with Crippen LogP contribution in [0.3, 0.4) is 0 Å². The molecule has 0 aromatic heterocycles. The zero-order chi connectivity index (χ0) is 15.0. The first-order chi connectivity index (χ1) is 9.26. The number of rotatable bonds is 2. The molecule has 1 aliphatic rings. The van der Waals surface area contributed by atoms with Crippen LogP contribution in [0.1, 0.15) is 6.42 Å². The number of aromatic hydroxyl groups is 1. The minimum absolute atomic E-state index is 0.0802. The summed E-state index contributed by atoms with van der Waals surface area (Å²) in [6, 6.07) is 2.85. The number of benzene rings is 1. The van der Waals surface area contributed by atoms with Gasteiger partial charge in [0.25, 0.3) is 0 Å². The summed E-state index contributed by atoms with van der Waals surface area (Å²) in [6.07, 6.45) is -5.07. The molecule has 1 aromatic rings. The van der Waals surface area contributed by atoms with E-state index >= 15 is 0 Å². The van der Waals surface area contributed by atoms with Gasteiger partial charge in [-0.05, 0) is 25.1 Å². The van der Waals surface area contributed by atoms with Crippen molar-refractivity contribution in [3.8, 4) is 5.75 Å². The van der Waals surface area contributed by atoms with Crippen LogP contribution in [0, 0.1) is 11.2 Å². The minimum Gasteiger partial charge on any atom is -0.505 e. The van der Waals surface area contributed by atoms with Gasteiger partial charge in [0.05, 0.1) is 0 Å². The first kappa shape index (κ1) is 14.6. The Morgan fingerprint density at radius 1 is 1.40 bits per heavy atom. The van der Waals surface area contributed by atoms with E-state index in [-0.39, 0.29) is 18.7 Å². The van der Waals surface area contributed by atoms with Crippen molar-refractivity contribution in [2.75, 3.05) is 18.4 Å². The van der Waals surface area contributed by atoms with Gasteiger partial charge in [0.15, 0.2) is 17.0 Å². The van der Waals surface area contributed by atoms with Gasteiger partial charge in [-0.15, -0.1) is 0 Å². The fourth-order valence-electron chi connectivity index (χ4n) is 2.09. The van der Waals surface area contributed by atoms with Crippen LogP contribution in [0.5, 0.6) is 5.75 Å².